The standard InChI is InChI=1S/C21H25ClF2N4O2/c1-4-5-15(9-16(25-3)13-6-7-13)26-20(29)12(2)17-11-28-10-14(22)8-18(19(28)27-17)30-21(23)24/h5,8-13,21,25H,4,6-7H2,1-3H3,(H,26,29)/b15-5-,16-9-. The number of nitrogens with one attached hydrogen (secondary N) is 2. The number of alkyl halides is 2. The van der Waals surface area contributed by atoms with Crippen LogP contribution in [-0.2, 0) is 4.79 Å². The highest BCUT2D eigenvalue weighted by atomic mass is 35.5. The molecule has 9 heteroatoms. The average molecular weight is 439 g/mol. The van der Waals surface area contributed by atoms with Gasteiger partial charge in [0, 0.05) is 36.9 Å². The maximum absolute atomic E-state index is 12.9. The van der Waals surface area contributed by atoms with Crippen molar-refractivity contribution in [3.05, 3.63) is 52.7 Å². The van der Waals surface area contributed by atoms with Gasteiger partial charge in [-0.15, -0.1) is 0 Å². The lowest BCUT2D eigenvalue weighted by molar-refractivity contribution is -0.121. The molecule has 2 aromatic heterocycles. The Labute approximate surface area is 179 Å². The first-order chi connectivity index (χ1) is 14.3. The number of carbonyl (C=O) groups is 1. The van der Waals surface area contributed by atoms with E-state index in [0.29, 0.717) is 11.6 Å². The summed E-state index contributed by atoms with van der Waals surface area (Å²) in [6, 6.07) is 1.27. The molecule has 1 aliphatic rings. The minimum Gasteiger partial charge on any atom is -0.431 e. The number of pyridine rings is 1. The van der Waals surface area contributed by atoms with Crippen molar-refractivity contribution in [1.82, 2.24) is 20.0 Å². The predicted octanol–water partition coefficient (Wildman–Crippen LogP) is 4.62. The third kappa shape index (κ3) is 5.30. The Morgan fingerprint density at radius 1 is 1.43 bits per heavy atom. The number of carbonyl (C=O) groups excluding carboxylic acids is 1. The van der Waals surface area contributed by atoms with E-state index in [9.17, 15) is 13.6 Å². The van der Waals surface area contributed by atoms with Gasteiger partial charge in [0.2, 0.25) is 5.91 Å². The third-order valence-electron chi connectivity index (χ3n) is 4.86. The highest BCUT2D eigenvalue weighted by Gasteiger charge is 2.26. The van der Waals surface area contributed by atoms with Gasteiger partial charge in [-0.3, -0.25) is 4.79 Å². The summed E-state index contributed by atoms with van der Waals surface area (Å²) in [5, 5.41) is 6.36. The number of rotatable bonds is 9. The van der Waals surface area contributed by atoms with Crippen LogP contribution in [0.1, 0.15) is 44.7 Å². The van der Waals surface area contributed by atoms with Crippen LogP contribution in [0.3, 0.4) is 0 Å². The summed E-state index contributed by atoms with van der Waals surface area (Å²) in [5.41, 5.74) is 2.41. The molecule has 1 amide bonds. The molecular formula is C21H25ClF2N4O2. The fourth-order valence-electron chi connectivity index (χ4n) is 3.15. The van der Waals surface area contributed by atoms with Gasteiger partial charge in [-0.25, -0.2) is 4.98 Å². The van der Waals surface area contributed by atoms with Gasteiger partial charge in [0.15, 0.2) is 11.4 Å². The quantitative estimate of drug-likeness (QED) is 0.561. The van der Waals surface area contributed by atoms with Crippen molar-refractivity contribution >= 4 is 23.2 Å². The molecule has 1 saturated carbocycles. The predicted molar refractivity (Wildman–Crippen MR) is 112 cm³/mol. The van der Waals surface area contributed by atoms with Crippen molar-refractivity contribution in [2.75, 3.05) is 7.05 Å². The molecule has 1 fully saturated rings. The van der Waals surface area contributed by atoms with E-state index in [1.165, 1.54) is 16.7 Å². The van der Waals surface area contributed by atoms with Crippen LogP contribution in [0.4, 0.5) is 8.78 Å². The Hall–Kier alpha value is -2.61. The molecule has 30 heavy (non-hydrogen) atoms. The summed E-state index contributed by atoms with van der Waals surface area (Å²) in [5.74, 6) is -0.492. The number of halogens is 3. The zero-order valence-electron chi connectivity index (χ0n) is 17.1. The molecule has 0 aromatic carbocycles. The number of hydrogen-bond acceptors (Lipinski definition) is 4. The third-order valence-corrected chi connectivity index (χ3v) is 5.07. The maximum atomic E-state index is 12.9. The smallest absolute Gasteiger partial charge is 0.387 e. The highest BCUT2D eigenvalue weighted by molar-refractivity contribution is 6.30. The lowest BCUT2D eigenvalue weighted by Crippen LogP contribution is -2.27. The molecular weight excluding hydrogens is 414 g/mol. The van der Waals surface area contributed by atoms with Gasteiger partial charge in [0.05, 0.1) is 16.6 Å². The van der Waals surface area contributed by atoms with E-state index in [1.54, 1.807) is 13.1 Å². The summed E-state index contributed by atoms with van der Waals surface area (Å²) in [6.45, 7) is 0.699. The normalized spacial score (nSPS) is 16.1. The Balaban J connectivity index is 1.82. The molecule has 6 nitrogen and oxygen atoms in total. The number of imidazole rings is 1. The van der Waals surface area contributed by atoms with Crippen LogP contribution in [0.15, 0.2) is 42.0 Å². The van der Waals surface area contributed by atoms with Crippen LogP contribution in [0.25, 0.3) is 5.65 Å². The van der Waals surface area contributed by atoms with Crippen molar-refractivity contribution < 1.29 is 18.3 Å². The van der Waals surface area contributed by atoms with Gasteiger partial charge in [0.25, 0.3) is 0 Å². The summed E-state index contributed by atoms with van der Waals surface area (Å²) in [7, 11) is 1.87. The molecule has 1 aliphatic carbocycles. The topological polar surface area (TPSA) is 67.7 Å². The first-order valence-electron chi connectivity index (χ1n) is 9.85. The second kappa shape index (κ2) is 9.47. The Kier molecular flexibility index (Phi) is 6.97. The lowest BCUT2D eigenvalue weighted by atomic mass is 10.1. The molecule has 0 saturated heterocycles. The molecule has 3 rings (SSSR count). The van der Waals surface area contributed by atoms with E-state index in [2.05, 4.69) is 20.4 Å². The summed E-state index contributed by atoms with van der Waals surface area (Å²) < 4.78 is 31.4. The molecule has 0 spiro atoms. The van der Waals surface area contributed by atoms with Gasteiger partial charge >= 0.3 is 6.61 Å². The maximum Gasteiger partial charge on any atom is 0.387 e. The van der Waals surface area contributed by atoms with Crippen molar-refractivity contribution in [3.8, 4) is 5.75 Å². The number of fused-ring (bicyclic) bond motifs is 1. The van der Waals surface area contributed by atoms with E-state index < -0.39 is 12.5 Å². The Bertz CT molecular complexity index is 983. The molecule has 0 radical (unpaired) electrons. The first kappa shape index (κ1) is 22.1. The number of hydrogen-bond donors (Lipinski definition) is 2. The van der Waals surface area contributed by atoms with Crippen LogP contribution in [0, 0.1) is 5.92 Å². The summed E-state index contributed by atoms with van der Waals surface area (Å²) in [6.07, 6.45) is 10.1. The zero-order valence-corrected chi connectivity index (χ0v) is 17.8. The van der Waals surface area contributed by atoms with Gasteiger partial charge < -0.3 is 19.8 Å². The molecule has 0 bridgehead atoms. The van der Waals surface area contributed by atoms with E-state index in [0.717, 1.165) is 30.7 Å². The van der Waals surface area contributed by atoms with Gasteiger partial charge in [-0.05, 0) is 38.2 Å². The number of aromatic nitrogens is 2. The second-order valence-electron chi connectivity index (χ2n) is 7.20. The van der Waals surface area contributed by atoms with E-state index in [1.807, 2.05) is 26.1 Å². The molecule has 0 aliphatic heterocycles. The Morgan fingerprint density at radius 2 is 2.17 bits per heavy atom. The van der Waals surface area contributed by atoms with Crippen molar-refractivity contribution in [3.63, 3.8) is 0 Å². The molecule has 2 N–H and O–H groups in total. The number of allylic oxidation sites excluding steroid dienone is 3. The summed E-state index contributed by atoms with van der Waals surface area (Å²) in [4.78, 5) is 17.2. The molecule has 1 atom stereocenters. The zero-order chi connectivity index (χ0) is 21.8. The minimum atomic E-state index is -3.01. The van der Waals surface area contributed by atoms with Crippen LogP contribution in [0.2, 0.25) is 5.02 Å². The number of nitrogens with zero attached hydrogens (tertiary/aromatic N) is 2. The number of ether oxygens (including phenoxy) is 1. The fraction of sp³-hybridized carbons (Fsp3) is 0.429. The van der Waals surface area contributed by atoms with E-state index in [4.69, 9.17) is 11.6 Å². The van der Waals surface area contributed by atoms with E-state index >= 15 is 0 Å². The van der Waals surface area contributed by atoms with Crippen LogP contribution in [0.5, 0.6) is 5.75 Å². The molecule has 2 heterocycles. The van der Waals surface area contributed by atoms with Crippen molar-refractivity contribution in [2.24, 2.45) is 5.92 Å². The monoisotopic (exact) mass is 438 g/mol. The van der Waals surface area contributed by atoms with Gasteiger partial charge in [-0.2, -0.15) is 8.78 Å². The highest BCUT2D eigenvalue weighted by Crippen LogP contribution is 2.35. The van der Waals surface area contributed by atoms with Crippen molar-refractivity contribution in [2.45, 2.75) is 45.6 Å². The molecule has 1 unspecified atom stereocenters. The fourth-order valence-corrected chi connectivity index (χ4v) is 3.36. The first-order valence-corrected chi connectivity index (χ1v) is 10.2. The van der Waals surface area contributed by atoms with Crippen molar-refractivity contribution in [1.29, 1.82) is 0 Å². The molecule has 2 aromatic rings. The van der Waals surface area contributed by atoms with Gasteiger partial charge in [0.1, 0.15) is 0 Å². The van der Waals surface area contributed by atoms with Crippen LogP contribution >= 0.6 is 11.6 Å². The lowest BCUT2D eigenvalue weighted by Gasteiger charge is -2.13. The number of amides is 1. The average Bonchev–Trinajstić information content (AvgIpc) is 3.43. The minimum absolute atomic E-state index is 0.144. The van der Waals surface area contributed by atoms with Crippen LogP contribution < -0.4 is 15.4 Å². The molecule has 162 valence electrons. The SMILES string of the molecule is CC/C=C(/C=C(\NC)C1CC1)NC(=O)C(C)c1cn2cc(Cl)cc(OC(F)F)c2n1. The van der Waals surface area contributed by atoms with Crippen LogP contribution in [-0.4, -0.2) is 29.0 Å². The van der Waals surface area contributed by atoms with E-state index in [-0.39, 0.29) is 22.3 Å². The Morgan fingerprint density at radius 3 is 2.77 bits per heavy atom. The largest absolute Gasteiger partial charge is 0.431 e. The van der Waals surface area contributed by atoms with Gasteiger partial charge in [-0.1, -0.05) is 24.6 Å². The second-order valence-corrected chi connectivity index (χ2v) is 7.64. The summed E-state index contributed by atoms with van der Waals surface area (Å²) >= 11 is 5.98.